The van der Waals surface area contributed by atoms with Gasteiger partial charge in [-0.05, 0) is 33.6 Å². The molecule has 0 atom stereocenters. The van der Waals surface area contributed by atoms with Gasteiger partial charge in [0.15, 0.2) is 11.5 Å². The number of hydrogen-bond acceptors (Lipinski definition) is 8. The fraction of sp³-hybridized carbons (Fsp3) is 0.0714. The lowest BCUT2D eigenvalue weighted by Crippen LogP contribution is -2.24. The third-order valence-corrected chi connectivity index (χ3v) is 3.33. The molecule has 116 valence electrons. The van der Waals surface area contributed by atoms with Crippen molar-refractivity contribution in [1.82, 2.24) is 20.2 Å². The van der Waals surface area contributed by atoms with Gasteiger partial charge < -0.3 is 20.1 Å². The first kappa shape index (κ1) is 15.1. The Bertz CT molecular complexity index is 863. The minimum Gasteiger partial charge on any atom is -0.550 e. The summed E-state index contributed by atoms with van der Waals surface area (Å²) in [6.07, 6.45) is 1.31. The van der Waals surface area contributed by atoms with E-state index in [-0.39, 0.29) is 29.7 Å². The number of nitrogens with two attached hydrogens (primary N) is 1. The van der Waals surface area contributed by atoms with Crippen molar-refractivity contribution in [3.63, 3.8) is 0 Å². The average molecular weight is 375 g/mol. The molecule has 0 saturated carbocycles. The first-order valence-electron chi connectivity index (χ1n) is 6.44. The molecule has 9 heteroatoms. The van der Waals surface area contributed by atoms with Gasteiger partial charge in [0.05, 0.1) is 6.20 Å². The second kappa shape index (κ2) is 6.13. The van der Waals surface area contributed by atoms with E-state index in [2.05, 4.69) is 36.1 Å². The van der Waals surface area contributed by atoms with Crippen LogP contribution in [0, 0.1) is 0 Å². The van der Waals surface area contributed by atoms with Crippen molar-refractivity contribution >= 4 is 27.7 Å². The summed E-state index contributed by atoms with van der Waals surface area (Å²) >= 11 is 3.20. The van der Waals surface area contributed by atoms with Gasteiger partial charge in [-0.15, -0.1) is 10.2 Å². The largest absolute Gasteiger partial charge is 0.550 e. The van der Waals surface area contributed by atoms with Crippen LogP contribution in [0.3, 0.4) is 0 Å². The highest BCUT2D eigenvalue weighted by Gasteiger charge is 2.15. The van der Waals surface area contributed by atoms with E-state index in [0.29, 0.717) is 15.7 Å². The number of aromatic nitrogens is 4. The quantitative estimate of drug-likeness (QED) is 0.710. The molecule has 0 aliphatic rings. The predicted octanol–water partition coefficient (Wildman–Crippen LogP) is 0.831. The standard InChI is InChI=1S/C14H10BrN5O3/c15-9-6-17-12(16)11(18-9)14-20-19-13(23-14)8-3-1-7(2-4-8)5-10(21)22/h1-4,6H,5H2,(H2,16,17)(H,21,22)/p-1. The number of benzene rings is 1. The molecule has 2 aromatic heterocycles. The Hall–Kier alpha value is -2.81. The Morgan fingerprint density at radius 2 is 1.91 bits per heavy atom. The maximum atomic E-state index is 10.6. The van der Waals surface area contributed by atoms with Gasteiger partial charge in [-0.3, -0.25) is 0 Å². The number of anilines is 1. The number of carboxylic acids is 1. The van der Waals surface area contributed by atoms with Crippen LogP contribution in [-0.4, -0.2) is 26.1 Å². The molecule has 0 aliphatic heterocycles. The van der Waals surface area contributed by atoms with E-state index >= 15 is 0 Å². The molecule has 0 fully saturated rings. The van der Waals surface area contributed by atoms with Gasteiger partial charge in [0, 0.05) is 18.0 Å². The molecule has 2 N–H and O–H groups in total. The Balaban J connectivity index is 1.89. The van der Waals surface area contributed by atoms with Crippen molar-refractivity contribution in [1.29, 1.82) is 0 Å². The minimum atomic E-state index is -1.14. The monoisotopic (exact) mass is 374 g/mol. The zero-order chi connectivity index (χ0) is 16.4. The first-order valence-corrected chi connectivity index (χ1v) is 7.23. The normalized spacial score (nSPS) is 10.7. The van der Waals surface area contributed by atoms with Crippen LogP contribution in [0.15, 0.2) is 39.5 Å². The molecule has 3 aromatic rings. The summed E-state index contributed by atoms with van der Waals surface area (Å²) in [4.78, 5) is 18.7. The van der Waals surface area contributed by atoms with E-state index in [1.807, 2.05) is 0 Å². The van der Waals surface area contributed by atoms with Crippen LogP contribution in [0.1, 0.15) is 5.56 Å². The van der Waals surface area contributed by atoms with Crippen molar-refractivity contribution < 1.29 is 14.3 Å². The summed E-state index contributed by atoms with van der Waals surface area (Å²) in [5.74, 6) is -0.555. The fourth-order valence-corrected chi connectivity index (χ4v) is 2.18. The van der Waals surface area contributed by atoms with Crippen LogP contribution in [0.5, 0.6) is 0 Å². The van der Waals surface area contributed by atoms with Crippen LogP contribution in [0.4, 0.5) is 5.82 Å². The predicted molar refractivity (Wildman–Crippen MR) is 81.6 cm³/mol. The summed E-state index contributed by atoms with van der Waals surface area (Å²) < 4.78 is 6.05. The molecule has 0 radical (unpaired) electrons. The van der Waals surface area contributed by atoms with E-state index < -0.39 is 5.97 Å². The van der Waals surface area contributed by atoms with Gasteiger partial charge in [0.25, 0.3) is 5.89 Å². The zero-order valence-electron chi connectivity index (χ0n) is 11.6. The number of nitrogen functional groups attached to an aromatic ring is 1. The number of rotatable bonds is 4. The maximum absolute atomic E-state index is 10.6. The summed E-state index contributed by atoms with van der Waals surface area (Å²) in [5.41, 5.74) is 7.30. The van der Waals surface area contributed by atoms with E-state index in [0.717, 1.165) is 0 Å². The van der Waals surface area contributed by atoms with E-state index in [9.17, 15) is 9.90 Å². The van der Waals surface area contributed by atoms with Crippen molar-refractivity contribution in [3.05, 3.63) is 40.6 Å². The Morgan fingerprint density at radius 3 is 2.61 bits per heavy atom. The fourth-order valence-electron chi connectivity index (χ4n) is 1.90. The summed E-state index contributed by atoms with van der Waals surface area (Å²) in [5, 5.41) is 18.4. The summed E-state index contributed by atoms with van der Waals surface area (Å²) in [6, 6.07) is 6.68. The molecule has 23 heavy (non-hydrogen) atoms. The van der Waals surface area contributed by atoms with Gasteiger partial charge in [-0.25, -0.2) is 9.97 Å². The Labute approximate surface area is 138 Å². The van der Waals surface area contributed by atoms with Crippen molar-refractivity contribution in [3.8, 4) is 23.0 Å². The molecule has 0 bridgehead atoms. The van der Waals surface area contributed by atoms with E-state index in [4.69, 9.17) is 10.2 Å². The van der Waals surface area contributed by atoms with Crippen molar-refractivity contribution in [2.24, 2.45) is 0 Å². The molecule has 1 aromatic carbocycles. The number of aliphatic carboxylic acids is 1. The Morgan fingerprint density at radius 1 is 1.22 bits per heavy atom. The molecule has 2 heterocycles. The number of carbonyl (C=O) groups excluding carboxylic acids is 1. The molecular formula is C14H9BrN5O3-. The van der Waals surface area contributed by atoms with Crippen LogP contribution in [-0.2, 0) is 11.2 Å². The van der Waals surface area contributed by atoms with Gasteiger partial charge in [-0.2, -0.15) is 0 Å². The van der Waals surface area contributed by atoms with Gasteiger partial charge in [-0.1, -0.05) is 12.1 Å². The first-order chi connectivity index (χ1) is 11.0. The maximum Gasteiger partial charge on any atom is 0.270 e. The average Bonchev–Trinajstić information content (AvgIpc) is 2.99. The molecule has 0 unspecified atom stereocenters. The lowest BCUT2D eigenvalue weighted by Gasteiger charge is -2.02. The molecule has 8 nitrogen and oxygen atoms in total. The van der Waals surface area contributed by atoms with Crippen LogP contribution < -0.4 is 10.8 Å². The Kier molecular flexibility index (Phi) is 4.02. The topological polar surface area (TPSA) is 131 Å². The SMILES string of the molecule is Nc1ncc(Br)nc1-c1nnc(-c2ccc(CC(=O)[O-])cc2)o1. The smallest absolute Gasteiger partial charge is 0.270 e. The van der Waals surface area contributed by atoms with Gasteiger partial charge >= 0.3 is 0 Å². The van der Waals surface area contributed by atoms with Crippen LogP contribution in [0.25, 0.3) is 23.0 Å². The highest BCUT2D eigenvalue weighted by molar-refractivity contribution is 9.10. The number of carbonyl (C=O) groups is 1. The molecule has 0 amide bonds. The molecule has 0 saturated heterocycles. The van der Waals surface area contributed by atoms with Crippen LogP contribution >= 0.6 is 15.9 Å². The highest BCUT2D eigenvalue weighted by Crippen LogP contribution is 2.26. The summed E-state index contributed by atoms with van der Waals surface area (Å²) in [7, 11) is 0. The minimum absolute atomic E-state index is 0.144. The van der Waals surface area contributed by atoms with Gasteiger partial charge in [0.1, 0.15) is 4.60 Å². The summed E-state index contributed by atoms with van der Waals surface area (Å²) in [6.45, 7) is 0. The number of carboxylic acid groups (broad SMARTS) is 1. The third-order valence-electron chi connectivity index (χ3n) is 2.95. The molecule has 0 spiro atoms. The van der Waals surface area contributed by atoms with Crippen molar-refractivity contribution in [2.45, 2.75) is 6.42 Å². The molecule has 3 rings (SSSR count). The second-order valence-electron chi connectivity index (χ2n) is 4.58. The highest BCUT2D eigenvalue weighted by atomic mass is 79.9. The molecule has 0 aliphatic carbocycles. The van der Waals surface area contributed by atoms with E-state index in [1.54, 1.807) is 24.3 Å². The lowest BCUT2D eigenvalue weighted by molar-refractivity contribution is -0.304. The molecular weight excluding hydrogens is 366 g/mol. The van der Waals surface area contributed by atoms with Crippen LogP contribution in [0.2, 0.25) is 0 Å². The number of hydrogen-bond donors (Lipinski definition) is 1. The second-order valence-corrected chi connectivity index (χ2v) is 5.40. The van der Waals surface area contributed by atoms with Crippen molar-refractivity contribution in [2.75, 3.05) is 5.73 Å². The number of nitrogens with zero attached hydrogens (tertiary/aromatic N) is 4. The van der Waals surface area contributed by atoms with Gasteiger partial charge in [0.2, 0.25) is 5.89 Å². The number of halogens is 1. The zero-order valence-corrected chi connectivity index (χ0v) is 13.1. The van der Waals surface area contributed by atoms with E-state index in [1.165, 1.54) is 6.20 Å². The third kappa shape index (κ3) is 3.34. The lowest BCUT2D eigenvalue weighted by atomic mass is 10.1.